The number of pyridine rings is 1. The number of nitrogens with zero attached hydrogens (tertiary/aromatic N) is 4. The van der Waals surface area contributed by atoms with E-state index in [2.05, 4.69) is 10.1 Å². The van der Waals surface area contributed by atoms with E-state index < -0.39 is 5.95 Å². The van der Waals surface area contributed by atoms with Gasteiger partial charge in [0.25, 0.3) is 5.91 Å². The Morgan fingerprint density at radius 2 is 2.04 bits per heavy atom. The van der Waals surface area contributed by atoms with Gasteiger partial charge in [0, 0.05) is 24.1 Å². The van der Waals surface area contributed by atoms with Gasteiger partial charge in [-0.2, -0.15) is 9.49 Å². The molecule has 0 aliphatic carbocycles. The van der Waals surface area contributed by atoms with Crippen LogP contribution < -0.4 is 4.90 Å². The summed E-state index contributed by atoms with van der Waals surface area (Å²) < 4.78 is 29.2. The maximum atomic E-state index is 14.0. The lowest BCUT2D eigenvalue weighted by atomic mass is 9.96. The molecule has 3 aromatic rings. The Morgan fingerprint density at radius 1 is 1.26 bits per heavy atom. The highest BCUT2D eigenvalue weighted by Gasteiger charge is 2.34. The Balaban J connectivity index is 1.71. The van der Waals surface area contributed by atoms with Gasteiger partial charge in [-0.15, -0.1) is 0 Å². The molecule has 1 amide bonds. The average molecular weight is 389 g/mol. The van der Waals surface area contributed by atoms with Gasteiger partial charge >= 0.3 is 0 Å². The van der Waals surface area contributed by atoms with Crippen molar-refractivity contribution in [3.63, 3.8) is 0 Å². The van der Waals surface area contributed by atoms with E-state index in [1.807, 2.05) is 6.92 Å². The summed E-state index contributed by atoms with van der Waals surface area (Å²) in [5.74, 6) is -1.46. The Bertz CT molecular complexity index is 1040. The number of fused-ring (bicyclic) bond motifs is 1. The molecule has 0 bridgehead atoms. The fourth-order valence-corrected chi connectivity index (χ4v) is 3.61. The SMILES string of the molecule is CC1CN(c2cc(F)ncc2Cl)C(=O)c2cnn(Cc3ccccc3F)c21. The number of carbonyl (C=O) groups excluding carboxylic acids is 1. The van der Waals surface area contributed by atoms with Crippen molar-refractivity contribution in [3.05, 3.63) is 76.3 Å². The van der Waals surface area contributed by atoms with Crippen LogP contribution in [0.3, 0.4) is 0 Å². The second kappa shape index (κ2) is 6.74. The lowest BCUT2D eigenvalue weighted by molar-refractivity contribution is 0.0976. The van der Waals surface area contributed by atoms with Crippen LogP contribution in [0.2, 0.25) is 5.02 Å². The minimum Gasteiger partial charge on any atom is -0.306 e. The van der Waals surface area contributed by atoms with Crippen LogP contribution in [0, 0.1) is 11.8 Å². The van der Waals surface area contributed by atoms with Crippen LogP contribution in [0.5, 0.6) is 0 Å². The number of aromatic nitrogens is 3. The number of anilines is 1. The number of hydrogen-bond acceptors (Lipinski definition) is 3. The van der Waals surface area contributed by atoms with Crippen LogP contribution >= 0.6 is 11.6 Å². The molecule has 5 nitrogen and oxygen atoms in total. The van der Waals surface area contributed by atoms with Crippen LogP contribution in [0.15, 0.2) is 42.7 Å². The van der Waals surface area contributed by atoms with Crippen LogP contribution in [-0.2, 0) is 6.54 Å². The first-order chi connectivity index (χ1) is 13.0. The number of rotatable bonds is 3. The van der Waals surface area contributed by atoms with Gasteiger partial charge in [-0.1, -0.05) is 36.7 Å². The van der Waals surface area contributed by atoms with E-state index in [0.29, 0.717) is 17.7 Å². The topological polar surface area (TPSA) is 51.0 Å². The molecular formula is C19H15ClF2N4O. The predicted molar refractivity (Wildman–Crippen MR) is 97.0 cm³/mol. The fourth-order valence-electron chi connectivity index (χ4n) is 3.40. The van der Waals surface area contributed by atoms with Crippen molar-refractivity contribution in [2.24, 2.45) is 0 Å². The van der Waals surface area contributed by atoms with Crippen LogP contribution in [0.1, 0.15) is 34.5 Å². The molecule has 1 aliphatic rings. The molecule has 0 fully saturated rings. The quantitative estimate of drug-likeness (QED) is 0.637. The molecule has 0 saturated heterocycles. The first-order valence-corrected chi connectivity index (χ1v) is 8.75. The summed E-state index contributed by atoms with van der Waals surface area (Å²) in [4.78, 5) is 17.9. The van der Waals surface area contributed by atoms with Crippen molar-refractivity contribution in [1.29, 1.82) is 0 Å². The highest BCUT2D eigenvalue weighted by Crippen LogP contribution is 2.34. The number of carbonyl (C=O) groups is 1. The van der Waals surface area contributed by atoms with Crippen molar-refractivity contribution in [1.82, 2.24) is 14.8 Å². The highest BCUT2D eigenvalue weighted by atomic mass is 35.5. The molecule has 2 aromatic heterocycles. The van der Waals surface area contributed by atoms with Gasteiger partial charge in [-0.05, 0) is 6.07 Å². The van der Waals surface area contributed by atoms with Gasteiger partial charge in [0.15, 0.2) is 0 Å². The maximum Gasteiger partial charge on any atom is 0.261 e. The molecular weight excluding hydrogens is 374 g/mol. The lowest BCUT2D eigenvalue weighted by Crippen LogP contribution is -2.40. The molecule has 0 N–H and O–H groups in total. The molecule has 138 valence electrons. The molecule has 0 spiro atoms. The summed E-state index contributed by atoms with van der Waals surface area (Å²) in [7, 11) is 0. The Morgan fingerprint density at radius 3 is 2.81 bits per heavy atom. The molecule has 4 rings (SSSR count). The summed E-state index contributed by atoms with van der Waals surface area (Å²) >= 11 is 6.11. The third-order valence-electron chi connectivity index (χ3n) is 4.65. The normalized spacial score (nSPS) is 16.5. The minimum absolute atomic E-state index is 0.0979. The molecule has 1 aromatic carbocycles. The molecule has 3 heterocycles. The number of benzene rings is 1. The molecule has 1 atom stereocenters. The molecule has 0 saturated carbocycles. The van der Waals surface area contributed by atoms with E-state index in [-0.39, 0.29) is 34.9 Å². The Labute approximate surface area is 159 Å². The Hall–Kier alpha value is -2.80. The van der Waals surface area contributed by atoms with Crippen LogP contribution in [0.4, 0.5) is 14.5 Å². The molecule has 1 unspecified atom stereocenters. The predicted octanol–water partition coefficient (Wildman–Crippen LogP) is 4.02. The molecule has 8 heteroatoms. The summed E-state index contributed by atoms with van der Waals surface area (Å²) in [6.45, 7) is 2.46. The number of hydrogen-bond donors (Lipinski definition) is 0. The zero-order valence-electron chi connectivity index (χ0n) is 14.4. The van der Waals surface area contributed by atoms with Crippen molar-refractivity contribution in [3.8, 4) is 0 Å². The van der Waals surface area contributed by atoms with E-state index in [1.54, 1.807) is 22.9 Å². The molecule has 0 radical (unpaired) electrons. The first-order valence-electron chi connectivity index (χ1n) is 8.37. The lowest BCUT2D eigenvalue weighted by Gasteiger charge is -2.32. The second-order valence-electron chi connectivity index (χ2n) is 6.47. The zero-order valence-corrected chi connectivity index (χ0v) is 15.1. The third-order valence-corrected chi connectivity index (χ3v) is 4.94. The average Bonchev–Trinajstić information content (AvgIpc) is 3.07. The van der Waals surface area contributed by atoms with E-state index in [9.17, 15) is 13.6 Å². The van der Waals surface area contributed by atoms with Gasteiger partial charge in [0.05, 0.1) is 40.9 Å². The molecule has 1 aliphatic heterocycles. The van der Waals surface area contributed by atoms with Gasteiger partial charge in [-0.3, -0.25) is 9.48 Å². The van der Waals surface area contributed by atoms with Crippen molar-refractivity contribution in [2.75, 3.05) is 11.4 Å². The summed E-state index contributed by atoms with van der Waals surface area (Å²) in [6.07, 6.45) is 2.65. The minimum atomic E-state index is -0.712. The summed E-state index contributed by atoms with van der Waals surface area (Å²) in [6, 6.07) is 7.59. The van der Waals surface area contributed by atoms with Gasteiger partial charge in [-0.25, -0.2) is 9.37 Å². The Kier molecular flexibility index (Phi) is 4.39. The van der Waals surface area contributed by atoms with Crippen molar-refractivity contribution >= 4 is 23.2 Å². The number of amides is 1. The van der Waals surface area contributed by atoms with E-state index >= 15 is 0 Å². The van der Waals surface area contributed by atoms with E-state index in [1.165, 1.54) is 23.4 Å². The van der Waals surface area contributed by atoms with E-state index in [0.717, 1.165) is 11.8 Å². The molecule has 27 heavy (non-hydrogen) atoms. The van der Waals surface area contributed by atoms with Crippen molar-refractivity contribution in [2.45, 2.75) is 19.4 Å². The number of halogens is 3. The van der Waals surface area contributed by atoms with Crippen molar-refractivity contribution < 1.29 is 13.6 Å². The monoisotopic (exact) mass is 388 g/mol. The standard InChI is InChI=1S/C19H15ClF2N4O/c1-11-9-25(16-6-17(22)23-8-14(16)20)19(27)13-7-24-26(18(11)13)10-12-4-2-3-5-15(12)21/h2-8,11H,9-10H2,1H3. The van der Waals surface area contributed by atoms with Gasteiger partial charge in [0.1, 0.15) is 5.82 Å². The van der Waals surface area contributed by atoms with Crippen LogP contribution in [0.25, 0.3) is 0 Å². The van der Waals surface area contributed by atoms with E-state index in [4.69, 9.17) is 11.6 Å². The van der Waals surface area contributed by atoms with Gasteiger partial charge in [0.2, 0.25) is 5.95 Å². The van der Waals surface area contributed by atoms with Crippen LogP contribution in [-0.4, -0.2) is 27.2 Å². The third kappa shape index (κ3) is 3.08. The highest BCUT2D eigenvalue weighted by molar-refractivity contribution is 6.34. The summed E-state index contributed by atoms with van der Waals surface area (Å²) in [5.41, 5.74) is 1.89. The second-order valence-corrected chi connectivity index (χ2v) is 6.87. The zero-order chi connectivity index (χ0) is 19.1. The summed E-state index contributed by atoms with van der Waals surface area (Å²) in [5, 5.41) is 4.48. The fraction of sp³-hybridized carbons (Fsp3) is 0.211. The largest absolute Gasteiger partial charge is 0.306 e. The van der Waals surface area contributed by atoms with Gasteiger partial charge < -0.3 is 4.90 Å². The first kappa shape index (κ1) is 17.6. The maximum absolute atomic E-state index is 14.0. The smallest absolute Gasteiger partial charge is 0.261 e.